The van der Waals surface area contributed by atoms with Crippen LogP contribution in [0.3, 0.4) is 0 Å². The van der Waals surface area contributed by atoms with Crippen LogP contribution in [0.5, 0.6) is 0 Å². The number of aryl methyl sites for hydroxylation is 1. The van der Waals surface area contributed by atoms with Crippen molar-refractivity contribution in [1.82, 2.24) is 19.7 Å². The van der Waals surface area contributed by atoms with Crippen molar-refractivity contribution in [2.24, 2.45) is 0 Å². The molecule has 2 aliphatic rings. The molecule has 2 fully saturated rings. The summed E-state index contributed by atoms with van der Waals surface area (Å²) in [6.45, 7) is 5.65. The monoisotopic (exact) mass is 329 g/mol. The zero-order chi connectivity index (χ0) is 16.4. The molecule has 0 N–H and O–H groups in total. The number of anilines is 1. The molecule has 2 atom stereocenters. The van der Waals surface area contributed by atoms with Gasteiger partial charge >= 0.3 is 0 Å². The number of rotatable bonds is 3. The van der Waals surface area contributed by atoms with Gasteiger partial charge in [0, 0.05) is 31.3 Å². The lowest BCUT2D eigenvalue weighted by Crippen LogP contribution is -2.45. The molecule has 0 bridgehead atoms. The first-order valence-electron chi connectivity index (χ1n) is 8.49. The molecule has 0 amide bonds. The van der Waals surface area contributed by atoms with Crippen LogP contribution in [0.2, 0.25) is 0 Å². The minimum atomic E-state index is -0.275. The van der Waals surface area contributed by atoms with Crippen LogP contribution >= 0.6 is 0 Å². The van der Waals surface area contributed by atoms with Gasteiger partial charge in [0.1, 0.15) is 5.60 Å². The molecule has 4 rings (SSSR count). The second-order valence-electron chi connectivity index (χ2n) is 6.72. The minimum Gasteiger partial charge on any atom is -0.377 e. The van der Waals surface area contributed by atoms with E-state index in [4.69, 9.17) is 9.47 Å². The van der Waals surface area contributed by atoms with E-state index in [-0.39, 0.29) is 11.7 Å². The smallest absolute Gasteiger partial charge is 0.225 e. The zero-order valence-electron chi connectivity index (χ0n) is 14.0. The highest BCUT2D eigenvalue weighted by Crippen LogP contribution is 2.34. The van der Waals surface area contributed by atoms with E-state index in [9.17, 15) is 0 Å². The Labute approximate surface area is 141 Å². The molecule has 2 aromatic rings. The highest BCUT2D eigenvalue weighted by Gasteiger charge is 2.43. The lowest BCUT2D eigenvalue weighted by molar-refractivity contribution is -0.0807. The average Bonchev–Trinajstić information content (AvgIpc) is 3.17. The zero-order valence-corrected chi connectivity index (χ0v) is 14.0. The maximum absolute atomic E-state index is 6.44. The first-order valence-corrected chi connectivity index (χ1v) is 8.49. The van der Waals surface area contributed by atoms with Crippen molar-refractivity contribution >= 4 is 5.95 Å². The molecular formula is C17H23N5O2. The number of hydrogen-bond donors (Lipinski definition) is 0. The molecule has 1 spiro atoms. The molecule has 0 saturated carbocycles. The fourth-order valence-electron chi connectivity index (χ4n) is 3.49. The predicted octanol–water partition coefficient (Wildman–Crippen LogP) is 1.44. The third-order valence-corrected chi connectivity index (χ3v) is 4.69. The van der Waals surface area contributed by atoms with Crippen LogP contribution in [0.1, 0.15) is 18.4 Å². The van der Waals surface area contributed by atoms with Gasteiger partial charge in [-0.1, -0.05) is 0 Å². The van der Waals surface area contributed by atoms with Crippen LogP contribution in [0.4, 0.5) is 5.95 Å². The molecule has 2 aromatic heterocycles. The van der Waals surface area contributed by atoms with Crippen LogP contribution in [-0.2, 0) is 16.0 Å². The number of nitrogens with zero attached hydrogens (tertiary/aromatic N) is 5. The first kappa shape index (κ1) is 15.5. The number of hydrogen-bond acceptors (Lipinski definition) is 6. The molecular weight excluding hydrogens is 306 g/mol. The summed E-state index contributed by atoms with van der Waals surface area (Å²) >= 11 is 0. The summed E-state index contributed by atoms with van der Waals surface area (Å²) in [5.74, 6) is 0.754. The minimum absolute atomic E-state index is 0.174. The SMILES string of the molecule is Cc1cnc(N2CCOCC3(CCC(Cn4cccn4)O3)C2)nc1. The summed E-state index contributed by atoms with van der Waals surface area (Å²) in [6, 6.07) is 1.94. The van der Waals surface area contributed by atoms with Gasteiger partial charge in [-0.05, 0) is 31.4 Å². The summed E-state index contributed by atoms with van der Waals surface area (Å²) < 4.78 is 14.2. The second kappa shape index (κ2) is 6.49. The molecule has 128 valence electrons. The Morgan fingerprint density at radius 2 is 2.21 bits per heavy atom. The normalized spacial score (nSPS) is 27.5. The topological polar surface area (TPSA) is 65.3 Å². The van der Waals surface area contributed by atoms with Crippen LogP contribution in [0, 0.1) is 6.92 Å². The van der Waals surface area contributed by atoms with Crippen molar-refractivity contribution in [1.29, 1.82) is 0 Å². The van der Waals surface area contributed by atoms with Gasteiger partial charge in [-0.2, -0.15) is 5.10 Å². The van der Waals surface area contributed by atoms with Crippen molar-refractivity contribution in [3.8, 4) is 0 Å². The lowest BCUT2D eigenvalue weighted by Gasteiger charge is -2.32. The fraction of sp³-hybridized carbons (Fsp3) is 0.588. The van der Waals surface area contributed by atoms with E-state index in [0.717, 1.165) is 44.0 Å². The van der Waals surface area contributed by atoms with Gasteiger partial charge < -0.3 is 14.4 Å². The van der Waals surface area contributed by atoms with E-state index in [1.807, 2.05) is 36.3 Å². The van der Waals surface area contributed by atoms with Crippen LogP contribution in [0.25, 0.3) is 0 Å². The van der Waals surface area contributed by atoms with Crippen LogP contribution < -0.4 is 4.90 Å². The Morgan fingerprint density at radius 1 is 1.33 bits per heavy atom. The summed E-state index contributed by atoms with van der Waals surface area (Å²) in [7, 11) is 0. The molecule has 2 saturated heterocycles. The van der Waals surface area contributed by atoms with Crippen molar-refractivity contribution in [3.63, 3.8) is 0 Å². The molecule has 24 heavy (non-hydrogen) atoms. The van der Waals surface area contributed by atoms with Crippen molar-refractivity contribution < 1.29 is 9.47 Å². The van der Waals surface area contributed by atoms with E-state index >= 15 is 0 Å². The molecule has 0 aliphatic carbocycles. The van der Waals surface area contributed by atoms with Crippen LogP contribution in [-0.4, -0.2) is 57.8 Å². The van der Waals surface area contributed by atoms with Gasteiger partial charge in [-0.3, -0.25) is 4.68 Å². The van der Waals surface area contributed by atoms with Crippen molar-refractivity contribution in [2.75, 3.05) is 31.2 Å². The maximum atomic E-state index is 6.44. The summed E-state index contributed by atoms with van der Waals surface area (Å²) in [6.07, 6.45) is 9.67. The molecule has 0 aromatic carbocycles. The Balaban J connectivity index is 1.47. The Morgan fingerprint density at radius 3 is 3.00 bits per heavy atom. The number of ether oxygens (including phenoxy) is 2. The molecule has 2 aliphatic heterocycles. The Bertz CT molecular complexity index is 660. The van der Waals surface area contributed by atoms with Crippen molar-refractivity contribution in [3.05, 3.63) is 36.4 Å². The summed E-state index contributed by atoms with van der Waals surface area (Å²) in [5, 5.41) is 4.28. The Kier molecular flexibility index (Phi) is 4.20. The quantitative estimate of drug-likeness (QED) is 0.849. The van der Waals surface area contributed by atoms with E-state index in [2.05, 4.69) is 20.0 Å². The van der Waals surface area contributed by atoms with E-state index < -0.39 is 0 Å². The third kappa shape index (κ3) is 3.27. The highest BCUT2D eigenvalue weighted by molar-refractivity contribution is 5.31. The standard InChI is InChI=1S/C17H23N5O2/c1-14-9-18-16(19-10-14)21-7-8-23-13-17(12-21)4-3-15(24-17)11-22-6-2-5-20-22/h2,5-6,9-10,15H,3-4,7-8,11-13H2,1H3. The summed E-state index contributed by atoms with van der Waals surface area (Å²) in [5.41, 5.74) is 0.790. The molecule has 0 radical (unpaired) electrons. The van der Waals surface area contributed by atoms with Gasteiger partial charge in [-0.25, -0.2) is 9.97 Å². The van der Waals surface area contributed by atoms with E-state index in [1.54, 1.807) is 6.20 Å². The van der Waals surface area contributed by atoms with Gasteiger partial charge in [-0.15, -0.1) is 0 Å². The van der Waals surface area contributed by atoms with Gasteiger partial charge in [0.25, 0.3) is 0 Å². The molecule has 7 heteroatoms. The van der Waals surface area contributed by atoms with E-state index in [0.29, 0.717) is 13.2 Å². The summed E-state index contributed by atoms with van der Waals surface area (Å²) in [4.78, 5) is 11.1. The second-order valence-corrected chi connectivity index (χ2v) is 6.72. The average molecular weight is 329 g/mol. The van der Waals surface area contributed by atoms with Gasteiger partial charge in [0.05, 0.1) is 32.4 Å². The van der Waals surface area contributed by atoms with Crippen LogP contribution in [0.15, 0.2) is 30.9 Å². The van der Waals surface area contributed by atoms with Gasteiger partial charge in [0.2, 0.25) is 5.95 Å². The Hall–Kier alpha value is -1.99. The lowest BCUT2D eigenvalue weighted by atomic mass is 10.0. The fourth-order valence-corrected chi connectivity index (χ4v) is 3.49. The van der Waals surface area contributed by atoms with Gasteiger partial charge in [0.15, 0.2) is 0 Å². The van der Waals surface area contributed by atoms with Crippen molar-refractivity contribution in [2.45, 2.75) is 38.0 Å². The van der Waals surface area contributed by atoms with E-state index in [1.165, 1.54) is 0 Å². The number of aromatic nitrogens is 4. The predicted molar refractivity (Wildman–Crippen MR) is 88.9 cm³/mol. The molecule has 2 unspecified atom stereocenters. The molecule has 7 nitrogen and oxygen atoms in total. The molecule has 4 heterocycles. The first-order chi connectivity index (χ1) is 11.7. The maximum Gasteiger partial charge on any atom is 0.225 e. The largest absolute Gasteiger partial charge is 0.377 e. The third-order valence-electron chi connectivity index (χ3n) is 4.69. The highest BCUT2D eigenvalue weighted by atomic mass is 16.6.